The molecule has 2 heteroatoms. The van der Waals surface area contributed by atoms with Crippen molar-refractivity contribution in [2.45, 2.75) is 40.2 Å². The molecular formula is C15H24FN. The van der Waals surface area contributed by atoms with E-state index in [1.807, 2.05) is 19.2 Å². The molecule has 0 amide bonds. The van der Waals surface area contributed by atoms with E-state index < -0.39 is 0 Å². The van der Waals surface area contributed by atoms with E-state index in [1.54, 1.807) is 6.07 Å². The molecule has 0 heterocycles. The maximum atomic E-state index is 13.7. The van der Waals surface area contributed by atoms with Crippen LogP contribution in [0, 0.1) is 17.2 Å². The standard InChI is InChI=1S/C15H24FN/c1-11(15(2,3)4)10-14(17-5)12-8-6-7-9-13(12)16/h6-9,11,14,17H,10H2,1-5H3. The van der Waals surface area contributed by atoms with E-state index in [4.69, 9.17) is 0 Å². The Morgan fingerprint density at radius 3 is 2.29 bits per heavy atom. The summed E-state index contributed by atoms with van der Waals surface area (Å²) in [5.74, 6) is 0.410. The molecule has 0 saturated heterocycles. The molecule has 0 spiro atoms. The van der Waals surface area contributed by atoms with Crippen molar-refractivity contribution in [1.82, 2.24) is 5.32 Å². The van der Waals surface area contributed by atoms with Crippen LogP contribution in [0.5, 0.6) is 0 Å². The summed E-state index contributed by atoms with van der Waals surface area (Å²) in [5, 5.41) is 3.22. The van der Waals surface area contributed by atoms with Crippen LogP contribution in [0.3, 0.4) is 0 Å². The van der Waals surface area contributed by atoms with Crippen molar-refractivity contribution in [3.05, 3.63) is 35.6 Å². The molecule has 0 bridgehead atoms. The van der Waals surface area contributed by atoms with Crippen molar-refractivity contribution >= 4 is 0 Å². The summed E-state index contributed by atoms with van der Waals surface area (Å²) in [6.07, 6.45) is 0.945. The van der Waals surface area contributed by atoms with Crippen LogP contribution in [0.2, 0.25) is 0 Å². The second kappa shape index (κ2) is 5.63. The van der Waals surface area contributed by atoms with Crippen molar-refractivity contribution in [1.29, 1.82) is 0 Å². The van der Waals surface area contributed by atoms with Crippen LogP contribution in [-0.4, -0.2) is 7.05 Å². The minimum atomic E-state index is -0.118. The van der Waals surface area contributed by atoms with Crippen LogP contribution < -0.4 is 5.32 Å². The van der Waals surface area contributed by atoms with Crippen molar-refractivity contribution < 1.29 is 4.39 Å². The Kier molecular flexibility index (Phi) is 4.70. The largest absolute Gasteiger partial charge is 0.313 e. The molecule has 1 aromatic rings. The van der Waals surface area contributed by atoms with Gasteiger partial charge in [-0.1, -0.05) is 45.9 Å². The average molecular weight is 237 g/mol. The van der Waals surface area contributed by atoms with E-state index in [1.165, 1.54) is 6.07 Å². The van der Waals surface area contributed by atoms with E-state index in [-0.39, 0.29) is 17.3 Å². The van der Waals surface area contributed by atoms with Crippen LogP contribution in [0.25, 0.3) is 0 Å². The molecule has 0 aliphatic carbocycles. The molecule has 2 unspecified atom stereocenters. The molecule has 0 saturated carbocycles. The van der Waals surface area contributed by atoms with Crippen molar-refractivity contribution in [3.63, 3.8) is 0 Å². The van der Waals surface area contributed by atoms with E-state index in [9.17, 15) is 4.39 Å². The second-order valence-corrected chi connectivity index (χ2v) is 5.87. The van der Waals surface area contributed by atoms with Gasteiger partial charge in [-0.3, -0.25) is 0 Å². The summed E-state index contributed by atoms with van der Waals surface area (Å²) in [6, 6.07) is 7.11. The zero-order chi connectivity index (χ0) is 13.1. The maximum absolute atomic E-state index is 13.7. The van der Waals surface area contributed by atoms with Gasteiger partial charge in [-0.15, -0.1) is 0 Å². The van der Waals surface area contributed by atoms with Crippen LogP contribution in [-0.2, 0) is 0 Å². The molecule has 2 atom stereocenters. The van der Waals surface area contributed by atoms with E-state index >= 15 is 0 Å². The molecular weight excluding hydrogens is 213 g/mol. The topological polar surface area (TPSA) is 12.0 Å². The maximum Gasteiger partial charge on any atom is 0.127 e. The Balaban J connectivity index is 2.83. The van der Waals surface area contributed by atoms with Crippen LogP contribution in [0.4, 0.5) is 4.39 Å². The average Bonchev–Trinajstić information content (AvgIpc) is 2.25. The van der Waals surface area contributed by atoms with E-state index in [2.05, 4.69) is 33.0 Å². The lowest BCUT2D eigenvalue weighted by Crippen LogP contribution is -2.26. The number of nitrogens with one attached hydrogen (secondary N) is 1. The molecule has 0 aromatic heterocycles. The van der Waals surface area contributed by atoms with Gasteiger partial charge in [0.1, 0.15) is 5.82 Å². The zero-order valence-corrected chi connectivity index (χ0v) is 11.5. The fourth-order valence-corrected chi connectivity index (χ4v) is 1.87. The minimum Gasteiger partial charge on any atom is -0.313 e. The summed E-state index contributed by atoms with van der Waals surface area (Å²) in [6.45, 7) is 8.91. The molecule has 96 valence electrons. The first kappa shape index (κ1) is 14.2. The normalized spacial score (nSPS) is 15.6. The van der Waals surface area contributed by atoms with Gasteiger partial charge in [-0.25, -0.2) is 4.39 Å². The molecule has 17 heavy (non-hydrogen) atoms. The Hall–Kier alpha value is -0.890. The summed E-state index contributed by atoms with van der Waals surface area (Å²) in [4.78, 5) is 0. The predicted molar refractivity (Wildman–Crippen MR) is 71.4 cm³/mol. The van der Waals surface area contributed by atoms with Crippen molar-refractivity contribution in [2.24, 2.45) is 11.3 Å². The highest BCUT2D eigenvalue weighted by Gasteiger charge is 2.24. The Morgan fingerprint density at radius 1 is 1.24 bits per heavy atom. The third-order valence-corrected chi connectivity index (χ3v) is 3.70. The number of benzene rings is 1. The Morgan fingerprint density at radius 2 is 1.82 bits per heavy atom. The van der Waals surface area contributed by atoms with Gasteiger partial charge in [0.05, 0.1) is 0 Å². The van der Waals surface area contributed by atoms with Gasteiger partial charge in [0.15, 0.2) is 0 Å². The molecule has 1 aromatic carbocycles. The Bertz CT molecular complexity index is 354. The lowest BCUT2D eigenvalue weighted by atomic mass is 9.77. The monoisotopic (exact) mass is 237 g/mol. The summed E-state index contributed by atoms with van der Waals surface area (Å²) in [7, 11) is 1.90. The lowest BCUT2D eigenvalue weighted by molar-refractivity contribution is 0.224. The molecule has 1 N–H and O–H groups in total. The van der Waals surface area contributed by atoms with E-state index in [0.717, 1.165) is 12.0 Å². The first-order chi connectivity index (χ1) is 7.86. The fraction of sp³-hybridized carbons (Fsp3) is 0.600. The number of halogens is 1. The highest BCUT2D eigenvalue weighted by Crippen LogP contribution is 2.33. The smallest absolute Gasteiger partial charge is 0.127 e. The Labute approximate surface area is 104 Å². The molecule has 0 fully saturated rings. The SMILES string of the molecule is CNC(CC(C)C(C)(C)C)c1ccccc1F. The highest BCUT2D eigenvalue weighted by molar-refractivity contribution is 5.21. The van der Waals surface area contributed by atoms with E-state index in [0.29, 0.717) is 5.92 Å². The van der Waals surface area contributed by atoms with Gasteiger partial charge in [0.25, 0.3) is 0 Å². The zero-order valence-electron chi connectivity index (χ0n) is 11.5. The van der Waals surface area contributed by atoms with Gasteiger partial charge in [0.2, 0.25) is 0 Å². The van der Waals surface area contributed by atoms with Crippen molar-refractivity contribution in [2.75, 3.05) is 7.05 Å². The summed E-state index contributed by atoms with van der Waals surface area (Å²) >= 11 is 0. The minimum absolute atomic E-state index is 0.0884. The summed E-state index contributed by atoms with van der Waals surface area (Å²) in [5.41, 5.74) is 1.02. The van der Waals surface area contributed by atoms with Gasteiger partial charge >= 0.3 is 0 Å². The number of hydrogen-bond acceptors (Lipinski definition) is 1. The van der Waals surface area contributed by atoms with Gasteiger partial charge in [0, 0.05) is 11.6 Å². The number of hydrogen-bond donors (Lipinski definition) is 1. The van der Waals surface area contributed by atoms with Gasteiger partial charge in [-0.2, -0.15) is 0 Å². The molecule has 0 aliphatic heterocycles. The van der Waals surface area contributed by atoms with Crippen LogP contribution in [0.1, 0.15) is 45.7 Å². The second-order valence-electron chi connectivity index (χ2n) is 5.87. The van der Waals surface area contributed by atoms with Crippen LogP contribution >= 0.6 is 0 Å². The highest BCUT2D eigenvalue weighted by atomic mass is 19.1. The molecule has 1 nitrogen and oxygen atoms in total. The van der Waals surface area contributed by atoms with Gasteiger partial charge in [-0.05, 0) is 30.9 Å². The molecule has 1 rings (SSSR count). The summed E-state index contributed by atoms with van der Waals surface area (Å²) < 4.78 is 13.7. The van der Waals surface area contributed by atoms with Crippen molar-refractivity contribution in [3.8, 4) is 0 Å². The van der Waals surface area contributed by atoms with Gasteiger partial charge < -0.3 is 5.32 Å². The first-order valence-electron chi connectivity index (χ1n) is 6.28. The fourth-order valence-electron chi connectivity index (χ4n) is 1.87. The third kappa shape index (κ3) is 3.81. The first-order valence-corrected chi connectivity index (χ1v) is 6.28. The lowest BCUT2D eigenvalue weighted by Gasteiger charge is -2.31. The number of rotatable bonds is 4. The predicted octanol–water partition coefficient (Wildman–Crippen LogP) is 4.16. The quantitative estimate of drug-likeness (QED) is 0.829. The van der Waals surface area contributed by atoms with Crippen LogP contribution in [0.15, 0.2) is 24.3 Å². The molecule has 0 radical (unpaired) electrons. The molecule has 0 aliphatic rings. The third-order valence-electron chi connectivity index (χ3n) is 3.70.